The summed E-state index contributed by atoms with van der Waals surface area (Å²) in [6.07, 6.45) is -3.63. The van der Waals surface area contributed by atoms with Crippen LogP contribution in [0.2, 0.25) is 0 Å². The summed E-state index contributed by atoms with van der Waals surface area (Å²) in [6, 6.07) is 1.89. The lowest BCUT2D eigenvalue weighted by Crippen LogP contribution is -2.46. The lowest BCUT2D eigenvalue weighted by atomic mass is 10.00. The van der Waals surface area contributed by atoms with Gasteiger partial charge >= 0.3 is 6.18 Å². The van der Waals surface area contributed by atoms with Crippen molar-refractivity contribution in [2.24, 2.45) is 0 Å². The van der Waals surface area contributed by atoms with E-state index in [9.17, 15) is 18.0 Å². The molecule has 1 fully saturated rings. The maximum atomic E-state index is 11.9. The average Bonchev–Trinajstić information content (AvgIpc) is 2.50. The smallest absolute Gasteiger partial charge is 0.338 e. The summed E-state index contributed by atoms with van der Waals surface area (Å²) in [4.78, 5) is 11.0. The molecule has 1 saturated carbocycles. The van der Waals surface area contributed by atoms with Gasteiger partial charge in [0.05, 0.1) is 6.07 Å². The average molecular weight is 220 g/mol. The third-order valence-electron chi connectivity index (χ3n) is 2.41. The standard InChI is InChI=1S/C9H11F3N2O/c10-9(11,12)5-7(15)14-8(6-13)3-1-2-4-8/h1-5H2,(H,14,15). The minimum atomic E-state index is -4.51. The number of hydrogen-bond donors (Lipinski definition) is 1. The first kappa shape index (κ1) is 11.8. The Morgan fingerprint density at radius 3 is 2.33 bits per heavy atom. The number of carbonyl (C=O) groups excluding carboxylic acids is 1. The maximum absolute atomic E-state index is 11.9. The van der Waals surface area contributed by atoms with Crippen LogP contribution < -0.4 is 5.32 Å². The van der Waals surface area contributed by atoms with Crippen LogP contribution in [0.15, 0.2) is 0 Å². The molecule has 1 aliphatic rings. The van der Waals surface area contributed by atoms with Crippen molar-refractivity contribution in [1.82, 2.24) is 5.32 Å². The number of alkyl halides is 3. The molecular weight excluding hydrogens is 209 g/mol. The van der Waals surface area contributed by atoms with Gasteiger partial charge in [-0.1, -0.05) is 0 Å². The molecule has 0 aromatic heterocycles. The Labute approximate surface area is 85.3 Å². The highest BCUT2D eigenvalue weighted by atomic mass is 19.4. The van der Waals surface area contributed by atoms with Crippen LogP contribution in [0.1, 0.15) is 32.1 Å². The second kappa shape index (κ2) is 4.09. The molecule has 0 spiro atoms. The molecule has 0 saturated heterocycles. The number of nitrogens with zero attached hydrogens (tertiary/aromatic N) is 1. The summed E-state index contributed by atoms with van der Waals surface area (Å²) in [6.45, 7) is 0. The van der Waals surface area contributed by atoms with E-state index in [0.29, 0.717) is 12.8 Å². The summed E-state index contributed by atoms with van der Waals surface area (Å²) in [5.41, 5.74) is -1.07. The minimum Gasteiger partial charge on any atom is -0.338 e. The molecule has 1 amide bonds. The number of rotatable bonds is 2. The Hall–Kier alpha value is -1.25. The number of nitriles is 1. The van der Waals surface area contributed by atoms with Gasteiger partial charge in [-0.15, -0.1) is 0 Å². The molecule has 0 aromatic rings. The van der Waals surface area contributed by atoms with Crippen LogP contribution in [0.4, 0.5) is 13.2 Å². The fourth-order valence-electron chi connectivity index (χ4n) is 1.74. The molecule has 0 unspecified atom stereocenters. The highest BCUT2D eigenvalue weighted by Crippen LogP contribution is 2.29. The molecule has 0 radical (unpaired) electrons. The molecule has 0 bridgehead atoms. The minimum absolute atomic E-state index is 0.438. The van der Waals surface area contributed by atoms with Crippen molar-refractivity contribution in [3.05, 3.63) is 0 Å². The van der Waals surface area contributed by atoms with Gasteiger partial charge in [0.1, 0.15) is 12.0 Å². The molecule has 1 N–H and O–H groups in total. The van der Waals surface area contributed by atoms with Crippen molar-refractivity contribution in [1.29, 1.82) is 5.26 Å². The second-order valence-corrected chi connectivity index (χ2v) is 3.74. The van der Waals surface area contributed by atoms with Gasteiger partial charge in [-0.05, 0) is 25.7 Å². The number of halogens is 3. The van der Waals surface area contributed by atoms with Gasteiger partial charge in [-0.25, -0.2) is 0 Å². The molecule has 15 heavy (non-hydrogen) atoms. The molecule has 1 aliphatic carbocycles. The first-order chi connectivity index (χ1) is 6.87. The first-order valence-corrected chi connectivity index (χ1v) is 4.66. The Morgan fingerprint density at radius 2 is 1.93 bits per heavy atom. The molecule has 6 heteroatoms. The van der Waals surface area contributed by atoms with Crippen LogP contribution in [0.25, 0.3) is 0 Å². The van der Waals surface area contributed by atoms with E-state index in [1.54, 1.807) is 0 Å². The van der Waals surface area contributed by atoms with Crippen molar-refractivity contribution < 1.29 is 18.0 Å². The third kappa shape index (κ3) is 3.42. The monoisotopic (exact) mass is 220 g/mol. The first-order valence-electron chi connectivity index (χ1n) is 4.66. The Balaban J connectivity index is 2.54. The topological polar surface area (TPSA) is 52.9 Å². The van der Waals surface area contributed by atoms with E-state index < -0.39 is 24.0 Å². The number of amides is 1. The maximum Gasteiger partial charge on any atom is 0.397 e. The molecule has 3 nitrogen and oxygen atoms in total. The Morgan fingerprint density at radius 1 is 1.40 bits per heavy atom. The molecule has 1 rings (SSSR count). The van der Waals surface area contributed by atoms with Gasteiger partial charge in [-0.2, -0.15) is 18.4 Å². The summed E-state index contributed by atoms with van der Waals surface area (Å²) in [7, 11) is 0. The predicted molar refractivity (Wildman–Crippen MR) is 45.6 cm³/mol. The number of hydrogen-bond acceptors (Lipinski definition) is 2. The molecule has 84 valence electrons. The Bertz CT molecular complexity index is 287. The van der Waals surface area contributed by atoms with Gasteiger partial charge < -0.3 is 5.32 Å². The van der Waals surface area contributed by atoms with Crippen LogP contribution in [0.3, 0.4) is 0 Å². The number of carbonyl (C=O) groups is 1. The van der Waals surface area contributed by atoms with Gasteiger partial charge in [0, 0.05) is 0 Å². The third-order valence-corrected chi connectivity index (χ3v) is 2.41. The van der Waals surface area contributed by atoms with Crippen LogP contribution in [-0.2, 0) is 4.79 Å². The second-order valence-electron chi connectivity index (χ2n) is 3.74. The fraction of sp³-hybridized carbons (Fsp3) is 0.778. The van der Waals surface area contributed by atoms with E-state index in [-0.39, 0.29) is 0 Å². The zero-order chi connectivity index (χ0) is 11.5. The van der Waals surface area contributed by atoms with E-state index in [1.807, 2.05) is 6.07 Å². The van der Waals surface area contributed by atoms with Crippen molar-refractivity contribution in [3.8, 4) is 6.07 Å². The van der Waals surface area contributed by atoms with E-state index in [0.717, 1.165) is 12.8 Å². The summed E-state index contributed by atoms with van der Waals surface area (Å²) in [5, 5.41) is 11.0. The van der Waals surface area contributed by atoms with Crippen LogP contribution in [0, 0.1) is 11.3 Å². The zero-order valence-corrected chi connectivity index (χ0v) is 8.02. The zero-order valence-electron chi connectivity index (χ0n) is 8.02. The molecule has 0 heterocycles. The van der Waals surface area contributed by atoms with Gasteiger partial charge in [0.15, 0.2) is 0 Å². The Kier molecular flexibility index (Phi) is 3.22. The van der Waals surface area contributed by atoms with Gasteiger partial charge in [0.25, 0.3) is 0 Å². The van der Waals surface area contributed by atoms with E-state index in [2.05, 4.69) is 5.32 Å². The number of nitrogens with one attached hydrogen (secondary N) is 1. The van der Waals surface area contributed by atoms with E-state index in [1.165, 1.54) is 0 Å². The van der Waals surface area contributed by atoms with Crippen molar-refractivity contribution in [3.63, 3.8) is 0 Å². The summed E-state index contributed by atoms with van der Waals surface area (Å²) in [5.74, 6) is -1.12. The summed E-state index contributed by atoms with van der Waals surface area (Å²) >= 11 is 0. The lowest BCUT2D eigenvalue weighted by Gasteiger charge is -2.22. The quantitative estimate of drug-likeness (QED) is 0.772. The van der Waals surface area contributed by atoms with Crippen LogP contribution >= 0.6 is 0 Å². The van der Waals surface area contributed by atoms with Gasteiger partial charge in [0.2, 0.25) is 5.91 Å². The van der Waals surface area contributed by atoms with Crippen LogP contribution in [0.5, 0.6) is 0 Å². The van der Waals surface area contributed by atoms with Crippen molar-refractivity contribution in [2.45, 2.75) is 43.8 Å². The SMILES string of the molecule is N#CC1(NC(=O)CC(F)(F)F)CCCC1. The fourth-order valence-corrected chi connectivity index (χ4v) is 1.74. The normalized spacial score (nSPS) is 19.6. The highest BCUT2D eigenvalue weighted by Gasteiger charge is 2.38. The predicted octanol–water partition coefficient (Wildman–Crippen LogP) is 1.89. The molecule has 0 atom stereocenters. The van der Waals surface area contributed by atoms with E-state index in [4.69, 9.17) is 5.26 Å². The summed E-state index contributed by atoms with van der Waals surface area (Å²) < 4.78 is 35.6. The lowest BCUT2D eigenvalue weighted by molar-refractivity contribution is -0.154. The molecule has 0 aromatic carbocycles. The van der Waals surface area contributed by atoms with Crippen molar-refractivity contribution in [2.75, 3.05) is 0 Å². The van der Waals surface area contributed by atoms with Crippen molar-refractivity contribution >= 4 is 5.91 Å². The van der Waals surface area contributed by atoms with Gasteiger partial charge in [-0.3, -0.25) is 4.79 Å². The van der Waals surface area contributed by atoms with E-state index >= 15 is 0 Å². The van der Waals surface area contributed by atoms with Crippen LogP contribution in [-0.4, -0.2) is 17.6 Å². The molecule has 0 aliphatic heterocycles. The largest absolute Gasteiger partial charge is 0.397 e. The highest BCUT2D eigenvalue weighted by molar-refractivity contribution is 5.78. The molecular formula is C9H11F3N2O.